The molecule has 0 atom stereocenters. The van der Waals surface area contributed by atoms with Gasteiger partial charge in [-0.25, -0.2) is 0 Å². The van der Waals surface area contributed by atoms with E-state index >= 15 is 0 Å². The van der Waals surface area contributed by atoms with Crippen LogP contribution in [-0.4, -0.2) is 18.9 Å². The first kappa shape index (κ1) is 23.1. The fraction of sp³-hybridized carbons (Fsp3) is 0. The van der Waals surface area contributed by atoms with Gasteiger partial charge >= 0.3 is 0 Å². The van der Waals surface area contributed by atoms with Crippen molar-refractivity contribution in [1.29, 1.82) is 0 Å². The highest BCUT2D eigenvalue weighted by atomic mass is 32.1. The van der Waals surface area contributed by atoms with Crippen molar-refractivity contribution in [2.75, 3.05) is 0 Å². The van der Waals surface area contributed by atoms with E-state index < -0.39 is 0 Å². The Balaban J connectivity index is 1.96. The molecule has 162 valence electrons. The molecule has 0 fully saturated rings. The Kier molecular flexibility index (Phi) is 6.88. The number of carbonyl (C=O) groups excluding carboxylic acids is 3. The van der Waals surface area contributed by atoms with Crippen LogP contribution < -0.4 is 0 Å². The van der Waals surface area contributed by atoms with Gasteiger partial charge in [0.05, 0.1) is 0 Å². The fourth-order valence-electron chi connectivity index (χ4n) is 3.61. The second-order valence-electron chi connectivity index (χ2n) is 7.47. The highest BCUT2D eigenvalue weighted by molar-refractivity contribution is 7.80. The Bertz CT molecular complexity index is 1230. The van der Waals surface area contributed by atoms with Crippen molar-refractivity contribution in [1.82, 2.24) is 0 Å². The van der Waals surface area contributed by atoms with Crippen LogP contribution in [0.3, 0.4) is 0 Å². The number of rotatable bonds is 6. The van der Waals surface area contributed by atoms with Gasteiger partial charge in [0, 0.05) is 31.4 Å². The Labute approximate surface area is 208 Å². The van der Waals surface area contributed by atoms with Crippen molar-refractivity contribution < 1.29 is 14.4 Å². The quantitative estimate of drug-likeness (QED) is 0.203. The molecule has 3 nitrogen and oxygen atoms in total. The van der Waals surface area contributed by atoms with Crippen molar-refractivity contribution in [2.45, 2.75) is 14.7 Å². The molecular weight excluding hydrogens is 468 g/mol. The summed E-state index contributed by atoms with van der Waals surface area (Å²) in [5, 5.41) is 0. The monoisotopic (exact) mass is 486 g/mol. The first-order chi connectivity index (χ1) is 15.9. The van der Waals surface area contributed by atoms with E-state index in [1.807, 2.05) is 36.4 Å². The molecule has 0 unspecified atom stereocenters. The Morgan fingerprint density at radius 3 is 0.909 bits per heavy atom. The molecule has 0 bridgehead atoms. The maximum Gasteiger partial charge on any atom is 0.151 e. The third-order valence-electron chi connectivity index (χ3n) is 5.40. The van der Waals surface area contributed by atoms with Gasteiger partial charge in [-0.3, -0.25) is 14.4 Å². The molecule has 0 aliphatic carbocycles. The molecule has 0 saturated heterocycles. The number of carbonyl (C=O) groups is 3. The molecule has 0 aromatic heterocycles. The molecule has 0 heterocycles. The second-order valence-corrected chi connectivity index (χ2v) is 8.92. The van der Waals surface area contributed by atoms with Crippen molar-refractivity contribution in [3.05, 3.63) is 89.5 Å². The Morgan fingerprint density at radius 1 is 0.394 bits per heavy atom. The Morgan fingerprint density at radius 2 is 0.667 bits per heavy atom. The first-order valence-corrected chi connectivity index (χ1v) is 11.3. The highest BCUT2D eigenvalue weighted by Gasteiger charge is 2.11. The number of aldehydes is 3. The summed E-state index contributed by atoms with van der Waals surface area (Å²) in [4.78, 5) is 36.2. The van der Waals surface area contributed by atoms with Crippen LogP contribution in [0.2, 0.25) is 0 Å². The summed E-state index contributed by atoms with van der Waals surface area (Å²) in [5.41, 5.74) is 6.66. The molecule has 4 aromatic carbocycles. The maximum absolute atomic E-state index is 11.5. The van der Waals surface area contributed by atoms with Gasteiger partial charge in [-0.2, -0.15) is 0 Å². The van der Waals surface area contributed by atoms with Gasteiger partial charge in [-0.15, -0.1) is 37.9 Å². The van der Waals surface area contributed by atoms with E-state index in [9.17, 15) is 14.4 Å². The molecule has 4 rings (SSSR count). The smallest absolute Gasteiger partial charge is 0.151 e. The van der Waals surface area contributed by atoms with E-state index in [0.29, 0.717) is 31.4 Å². The van der Waals surface area contributed by atoms with Crippen LogP contribution in [0.15, 0.2) is 87.5 Å². The standard InChI is InChI=1S/C27H18O3S3/c28-13-22-7-16(1-4-25(22)31)19-10-20(17-2-5-26(32)23(8-17)14-29)12-21(11-19)18-3-6-27(33)24(9-18)15-30/h1-15,31-33H. The average molecular weight is 487 g/mol. The molecule has 0 amide bonds. The predicted octanol–water partition coefficient (Wildman–Crippen LogP) is 6.99. The number of thiol groups is 3. The van der Waals surface area contributed by atoms with Gasteiger partial charge in [0.25, 0.3) is 0 Å². The third kappa shape index (κ3) is 4.83. The van der Waals surface area contributed by atoms with Crippen LogP contribution in [0.4, 0.5) is 0 Å². The van der Waals surface area contributed by atoms with Crippen molar-refractivity contribution in [2.24, 2.45) is 0 Å². The minimum Gasteiger partial charge on any atom is -0.298 e. The first-order valence-electron chi connectivity index (χ1n) is 9.94. The number of hydrogen-bond donors (Lipinski definition) is 3. The largest absolute Gasteiger partial charge is 0.298 e. The van der Waals surface area contributed by atoms with Crippen LogP contribution in [0.5, 0.6) is 0 Å². The summed E-state index contributed by atoms with van der Waals surface area (Å²) in [6, 6.07) is 22.4. The van der Waals surface area contributed by atoms with E-state index in [1.54, 1.807) is 36.4 Å². The second kappa shape index (κ2) is 9.83. The molecule has 0 aliphatic rings. The third-order valence-corrected chi connectivity index (χ3v) is 6.62. The molecule has 0 aliphatic heterocycles. The Hall–Kier alpha value is -3.06. The lowest BCUT2D eigenvalue weighted by molar-refractivity contribution is 0.111. The van der Waals surface area contributed by atoms with Crippen LogP contribution >= 0.6 is 37.9 Å². The molecule has 0 radical (unpaired) electrons. The fourth-order valence-corrected chi connectivity index (χ4v) is 4.19. The zero-order chi connectivity index (χ0) is 23.5. The van der Waals surface area contributed by atoms with Gasteiger partial charge in [0.2, 0.25) is 0 Å². The zero-order valence-corrected chi connectivity index (χ0v) is 19.9. The van der Waals surface area contributed by atoms with Crippen LogP contribution in [0.1, 0.15) is 31.1 Å². The zero-order valence-electron chi connectivity index (χ0n) is 17.2. The maximum atomic E-state index is 11.5. The molecule has 0 spiro atoms. The molecule has 4 aromatic rings. The van der Waals surface area contributed by atoms with Crippen molar-refractivity contribution in [3.63, 3.8) is 0 Å². The summed E-state index contributed by atoms with van der Waals surface area (Å²) < 4.78 is 0. The van der Waals surface area contributed by atoms with Crippen LogP contribution in [0.25, 0.3) is 33.4 Å². The molecular formula is C27H18O3S3. The minimum atomic E-state index is 0.494. The summed E-state index contributed by atoms with van der Waals surface area (Å²) in [7, 11) is 0. The lowest BCUT2D eigenvalue weighted by Gasteiger charge is -2.13. The number of benzene rings is 4. The molecule has 0 saturated carbocycles. The summed E-state index contributed by atoms with van der Waals surface area (Å²) in [6.45, 7) is 0. The minimum absolute atomic E-state index is 0.494. The summed E-state index contributed by atoms with van der Waals surface area (Å²) in [6.07, 6.45) is 2.33. The topological polar surface area (TPSA) is 51.2 Å². The van der Waals surface area contributed by atoms with Gasteiger partial charge in [-0.1, -0.05) is 18.2 Å². The lowest BCUT2D eigenvalue weighted by Crippen LogP contribution is -1.91. The predicted molar refractivity (Wildman–Crippen MR) is 141 cm³/mol. The van der Waals surface area contributed by atoms with Gasteiger partial charge < -0.3 is 0 Å². The summed E-state index contributed by atoms with van der Waals surface area (Å²) >= 11 is 13.0. The van der Waals surface area contributed by atoms with E-state index in [-0.39, 0.29) is 0 Å². The van der Waals surface area contributed by atoms with Crippen molar-refractivity contribution >= 4 is 56.7 Å². The number of hydrogen-bond acceptors (Lipinski definition) is 6. The van der Waals surface area contributed by atoms with E-state index in [0.717, 1.165) is 52.2 Å². The normalized spacial score (nSPS) is 10.6. The average Bonchev–Trinajstić information content (AvgIpc) is 2.84. The SMILES string of the molecule is O=Cc1cc(-c2cc(-c3ccc(S)c(C=O)c3)cc(-c3ccc(S)c(C=O)c3)c2)ccc1S. The van der Waals surface area contributed by atoms with E-state index in [1.165, 1.54) is 0 Å². The van der Waals surface area contributed by atoms with E-state index in [2.05, 4.69) is 37.9 Å². The lowest BCUT2D eigenvalue weighted by atomic mass is 9.92. The molecule has 6 heteroatoms. The summed E-state index contributed by atoms with van der Waals surface area (Å²) in [5.74, 6) is 0. The van der Waals surface area contributed by atoms with Crippen molar-refractivity contribution in [3.8, 4) is 33.4 Å². The molecule has 0 N–H and O–H groups in total. The van der Waals surface area contributed by atoms with Gasteiger partial charge in [0.1, 0.15) is 0 Å². The van der Waals surface area contributed by atoms with Crippen LogP contribution in [0, 0.1) is 0 Å². The van der Waals surface area contributed by atoms with Gasteiger partial charge in [0.15, 0.2) is 18.9 Å². The molecule has 33 heavy (non-hydrogen) atoms. The van der Waals surface area contributed by atoms with Gasteiger partial charge in [-0.05, 0) is 88.0 Å². The highest BCUT2D eigenvalue weighted by Crippen LogP contribution is 2.35. The van der Waals surface area contributed by atoms with E-state index in [4.69, 9.17) is 0 Å². The van der Waals surface area contributed by atoms with Crippen LogP contribution in [-0.2, 0) is 0 Å².